The third kappa shape index (κ3) is 10.0. The number of halogens is 2. The third-order valence-corrected chi connectivity index (χ3v) is 5.86. The van der Waals surface area contributed by atoms with Crippen molar-refractivity contribution in [2.75, 3.05) is 25.1 Å². The van der Waals surface area contributed by atoms with Gasteiger partial charge in [0.15, 0.2) is 6.61 Å². The topological polar surface area (TPSA) is 91.5 Å². The second-order valence-electron chi connectivity index (χ2n) is 8.50. The largest absolute Gasteiger partial charge is 0.484 e. The summed E-state index contributed by atoms with van der Waals surface area (Å²) in [6.45, 7) is 4.43. The number of hydrogen-bond donors (Lipinski definition) is 4. The van der Waals surface area contributed by atoms with Gasteiger partial charge < -0.3 is 26.0 Å². The van der Waals surface area contributed by atoms with Gasteiger partial charge in [-0.2, -0.15) is 0 Å². The van der Waals surface area contributed by atoms with E-state index in [9.17, 15) is 14.0 Å². The van der Waals surface area contributed by atoms with E-state index < -0.39 is 5.82 Å². The summed E-state index contributed by atoms with van der Waals surface area (Å²) in [5.74, 6) is -1.07. The molecular formula is C28H32ClFN4O3. The van der Waals surface area contributed by atoms with E-state index in [1.165, 1.54) is 30.7 Å². The van der Waals surface area contributed by atoms with Crippen LogP contribution in [0.25, 0.3) is 0 Å². The Morgan fingerprint density at radius 2 is 1.89 bits per heavy atom. The van der Waals surface area contributed by atoms with Gasteiger partial charge in [-0.25, -0.2) is 4.39 Å². The maximum Gasteiger partial charge on any atom is 0.257 e. The molecule has 1 aliphatic rings. The number of anilines is 1. The molecule has 0 saturated heterocycles. The summed E-state index contributed by atoms with van der Waals surface area (Å²) in [5, 5.41) is 12.1. The highest BCUT2D eigenvalue weighted by atomic mass is 35.5. The molecule has 0 heterocycles. The van der Waals surface area contributed by atoms with Crippen molar-refractivity contribution in [1.29, 1.82) is 0 Å². The Bertz CT molecular complexity index is 1150. The molecular weight excluding hydrogens is 495 g/mol. The molecule has 2 aromatic rings. The molecule has 0 unspecified atom stereocenters. The highest BCUT2D eigenvalue weighted by Gasteiger charge is 2.09. The number of amides is 2. The molecule has 3 rings (SSSR count). The number of benzene rings is 2. The Labute approximate surface area is 221 Å². The highest BCUT2D eigenvalue weighted by Crippen LogP contribution is 2.20. The van der Waals surface area contributed by atoms with Gasteiger partial charge in [0.2, 0.25) is 0 Å². The number of rotatable bonds is 12. The minimum absolute atomic E-state index is 0.0196. The predicted octanol–water partition coefficient (Wildman–Crippen LogP) is 5.28. The van der Waals surface area contributed by atoms with Crippen LogP contribution in [0.4, 0.5) is 10.1 Å². The fourth-order valence-electron chi connectivity index (χ4n) is 3.50. The lowest BCUT2D eigenvalue weighted by Crippen LogP contribution is -2.31. The number of carbonyl (C=O) groups is 2. The second-order valence-corrected chi connectivity index (χ2v) is 8.90. The van der Waals surface area contributed by atoms with Gasteiger partial charge in [-0.3, -0.25) is 9.59 Å². The van der Waals surface area contributed by atoms with Crippen LogP contribution < -0.4 is 26.0 Å². The van der Waals surface area contributed by atoms with Gasteiger partial charge in [0.05, 0.1) is 11.7 Å². The van der Waals surface area contributed by atoms with Crippen molar-refractivity contribution in [3.05, 3.63) is 95.1 Å². The molecule has 7 nitrogen and oxygen atoms in total. The first-order valence-electron chi connectivity index (χ1n) is 12.2. The lowest BCUT2D eigenvalue weighted by Gasteiger charge is -2.14. The standard InChI is InChI=1S/C28H32ClFN4O3/c1-20(15-16-31-27(35)18-37-24-13-14-25(29)26(30)17-24)34-28(36)21-9-11-23(12-10-21)33-19-32-22-7-5-3-2-4-6-8-22/h3,5,7,9-14,17,32-33H,1-2,4,6,8,15-16,18-19H2,(H,31,35)(H,34,36)/b5-3-,22-7+. The summed E-state index contributed by atoms with van der Waals surface area (Å²) in [7, 11) is 0. The van der Waals surface area contributed by atoms with E-state index in [2.05, 4.69) is 46.1 Å². The average molecular weight is 527 g/mol. The first kappa shape index (κ1) is 27.8. The Hall–Kier alpha value is -3.78. The van der Waals surface area contributed by atoms with Crippen molar-refractivity contribution in [2.24, 2.45) is 0 Å². The molecule has 37 heavy (non-hydrogen) atoms. The maximum absolute atomic E-state index is 13.4. The summed E-state index contributed by atoms with van der Waals surface area (Å²) in [6, 6.07) is 11.1. The summed E-state index contributed by atoms with van der Waals surface area (Å²) in [6.07, 6.45) is 11.3. The number of hydrogen-bond acceptors (Lipinski definition) is 5. The van der Waals surface area contributed by atoms with E-state index in [1.807, 2.05) is 12.1 Å². The molecule has 4 N–H and O–H groups in total. The van der Waals surface area contributed by atoms with Gasteiger partial charge in [0.25, 0.3) is 11.8 Å². The molecule has 0 radical (unpaired) electrons. The van der Waals surface area contributed by atoms with Crippen LogP contribution in [0.1, 0.15) is 42.5 Å². The zero-order valence-corrected chi connectivity index (χ0v) is 21.4. The number of carbonyl (C=O) groups excluding carboxylic acids is 2. The van der Waals surface area contributed by atoms with Crippen molar-refractivity contribution in [3.8, 4) is 5.75 Å². The van der Waals surface area contributed by atoms with E-state index in [1.54, 1.807) is 12.1 Å². The summed E-state index contributed by atoms with van der Waals surface area (Å²) in [5.41, 5.74) is 3.08. The van der Waals surface area contributed by atoms with Gasteiger partial charge in [0.1, 0.15) is 11.6 Å². The Morgan fingerprint density at radius 1 is 1.08 bits per heavy atom. The van der Waals surface area contributed by atoms with Gasteiger partial charge in [0, 0.05) is 41.7 Å². The van der Waals surface area contributed by atoms with E-state index >= 15 is 0 Å². The van der Waals surface area contributed by atoms with Crippen LogP contribution in [0.15, 0.2) is 78.7 Å². The maximum atomic E-state index is 13.4. The zero-order valence-electron chi connectivity index (χ0n) is 20.6. The number of allylic oxidation sites excluding steroid dienone is 4. The minimum Gasteiger partial charge on any atom is -0.484 e. The average Bonchev–Trinajstić information content (AvgIpc) is 2.86. The summed E-state index contributed by atoms with van der Waals surface area (Å²) < 4.78 is 18.7. The van der Waals surface area contributed by atoms with Crippen molar-refractivity contribution >= 4 is 29.1 Å². The smallest absolute Gasteiger partial charge is 0.257 e. The Morgan fingerprint density at radius 3 is 2.68 bits per heavy atom. The van der Waals surface area contributed by atoms with Crippen LogP contribution >= 0.6 is 11.6 Å². The lowest BCUT2D eigenvalue weighted by atomic mass is 10.1. The van der Waals surface area contributed by atoms with Gasteiger partial charge >= 0.3 is 0 Å². The van der Waals surface area contributed by atoms with E-state index in [0.29, 0.717) is 24.4 Å². The van der Waals surface area contributed by atoms with Crippen molar-refractivity contribution in [2.45, 2.75) is 32.1 Å². The molecule has 0 spiro atoms. The fraction of sp³-hybridized carbons (Fsp3) is 0.286. The van der Waals surface area contributed by atoms with Crippen LogP contribution in [0.3, 0.4) is 0 Å². The van der Waals surface area contributed by atoms with Crippen LogP contribution in [0, 0.1) is 5.82 Å². The van der Waals surface area contributed by atoms with Crippen LogP contribution in [-0.2, 0) is 4.79 Å². The normalized spacial score (nSPS) is 15.2. The molecule has 0 atom stereocenters. The molecule has 0 bridgehead atoms. The molecule has 2 amide bonds. The molecule has 0 aliphatic heterocycles. The predicted molar refractivity (Wildman–Crippen MR) is 145 cm³/mol. The third-order valence-electron chi connectivity index (χ3n) is 5.56. The van der Waals surface area contributed by atoms with E-state index in [-0.39, 0.29) is 35.7 Å². The van der Waals surface area contributed by atoms with E-state index in [0.717, 1.165) is 24.6 Å². The second kappa shape index (κ2) is 14.7. The van der Waals surface area contributed by atoms with Crippen molar-refractivity contribution < 1.29 is 18.7 Å². The van der Waals surface area contributed by atoms with Crippen LogP contribution in [0.2, 0.25) is 5.02 Å². The van der Waals surface area contributed by atoms with Gasteiger partial charge in [-0.1, -0.05) is 30.3 Å². The minimum atomic E-state index is -0.620. The fourth-order valence-corrected chi connectivity index (χ4v) is 3.62. The number of nitrogens with one attached hydrogen (secondary N) is 4. The van der Waals surface area contributed by atoms with Crippen LogP contribution in [0.5, 0.6) is 5.75 Å². The summed E-state index contributed by atoms with van der Waals surface area (Å²) >= 11 is 5.62. The molecule has 9 heteroatoms. The lowest BCUT2D eigenvalue weighted by molar-refractivity contribution is -0.123. The van der Waals surface area contributed by atoms with Gasteiger partial charge in [-0.15, -0.1) is 0 Å². The van der Waals surface area contributed by atoms with Crippen molar-refractivity contribution in [3.63, 3.8) is 0 Å². The first-order chi connectivity index (χ1) is 17.9. The SMILES string of the molecule is C=C(CCNC(=O)COc1ccc(Cl)c(F)c1)NC(=O)c1ccc(NCN/C2=C/C=C\CCCC2)cc1. The van der Waals surface area contributed by atoms with E-state index in [4.69, 9.17) is 16.3 Å². The first-order valence-corrected chi connectivity index (χ1v) is 12.6. The molecule has 2 aromatic carbocycles. The monoisotopic (exact) mass is 526 g/mol. The zero-order chi connectivity index (χ0) is 26.5. The molecule has 0 saturated carbocycles. The summed E-state index contributed by atoms with van der Waals surface area (Å²) in [4.78, 5) is 24.4. The number of ether oxygens (including phenoxy) is 1. The molecule has 0 fully saturated rings. The highest BCUT2D eigenvalue weighted by molar-refractivity contribution is 6.30. The molecule has 196 valence electrons. The van der Waals surface area contributed by atoms with Crippen molar-refractivity contribution in [1.82, 2.24) is 16.0 Å². The van der Waals surface area contributed by atoms with Crippen LogP contribution in [-0.4, -0.2) is 31.6 Å². The van der Waals surface area contributed by atoms with Gasteiger partial charge in [-0.05, 0) is 68.2 Å². The Balaban J connectivity index is 1.32. The molecule has 1 aliphatic carbocycles. The Kier molecular flexibility index (Phi) is 11.0. The quantitative estimate of drug-likeness (QED) is 0.282. The molecule has 0 aromatic heterocycles.